The van der Waals surface area contributed by atoms with E-state index < -0.39 is 0 Å². The molecule has 2 aromatic heterocycles. The van der Waals surface area contributed by atoms with Crippen LogP contribution >= 0.6 is 11.6 Å². The number of para-hydroxylation sites is 1. The van der Waals surface area contributed by atoms with Crippen LogP contribution in [-0.4, -0.2) is 15.9 Å². The molecule has 20 heavy (non-hydrogen) atoms. The lowest BCUT2D eigenvalue weighted by Crippen LogP contribution is -2.12. The number of aromatic nitrogens is 2. The molecule has 0 fully saturated rings. The van der Waals surface area contributed by atoms with Crippen LogP contribution < -0.4 is 11.1 Å². The lowest BCUT2D eigenvalue weighted by atomic mass is 10.2. The van der Waals surface area contributed by atoms with Gasteiger partial charge in [-0.3, -0.25) is 9.78 Å². The smallest absolute Gasteiger partial charge is 0.272 e. The highest BCUT2D eigenvalue weighted by molar-refractivity contribution is 6.33. The molecule has 0 aliphatic rings. The summed E-state index contributed by atoms with van der Waals surface area (Å²) in [6.07, 6.45) is 3.05. The van der Waals surface area contributed by atoms with Crippen molar-refractivity contribution in [3.8, 4) is 0 Å². The van der Waals surface area contributed by atoms with Gasteiger partial charge >= 0.3 is 0 Å². The zero-order valence-corrected chi connectivity index (χ0v) is 11.1. The number of H-pyrrole nitrogens is 1. The Bertz CT molecular complexity index is 797. The van der Waals surface area contributed by atoms with Crippen LogP contribution in [0.25, 0.3) is 10.9 Å². The molecule has 0 aliphatic heterocycles. The largest absolute Gasteiger partial charge is 0.397 e. The maximum atomic E-state index is 12.2. The van der Waals surface area contributed by atoms with Crippen molar-refractivity contribution in [1.82, 2.24) is 9.97 Å². The average molecular weight is 287 g/mol. The molecule has 0 atom stereocenters. The number of carbonyl (C=O) groups excluding carboxylic acids is 1. The normalized spacial score (nSPS) is 10.7. The van der Waals surface area contributed by atoms with E-state index in [2.05, 4.69) is 15.3 Å². The number of rotatable bonds is 2. The molecule has 1 amide bonds. The molecule has 0 saturated carbocycles. The minimum atomic E-state index is -0.296. The molecule has 5 nitrogen and oxygen atoms in total. The van der Waals surface area contributed by atoms with Gasteiger partial charge in [0.2, 0.25) is 0 Å². The van der Waals surface area contributed by atoms with Gasteiger partial charge in [0.05, 0.1) is 28.1 Å². The Morgan fingerprint density at radius 1 is 1.35 bits per heavy atom. The van der Waals surface area contributed by atoms with Gasteiger partial charge in [0.1, 0.15) is 5.69 Å². The highest BCUT2D eigenvalue weighted by Gasteiger charge is 2.12. The first kappa shape index (κ1) is 12.5. The quantitative estimate of drug-likeness (QED) is 0.633. The van der Waals surface area contributed by atoms with Gasteiger partial charge in [-0.2, -0.15) is 0 Å². The topological polar surface area (TPSA) is 83.8 Å². The van der Waals surface area contributed by atoms with Crippen LogP contribution in [0.5, 0.6) is 0 Å². The maximum Gasteiger partial charge on any atom is 0.272 e. The van der Waals surface area contributed by atoms with Crippen molar-refractivity contribution in [2.75, 3.05) is 11.1 Å². The molecule has 1 aromatic carbocycles. The number of aromatic amines is 1. The van der Waals surface area contributed by atoms with Crippen molar-refractivity contribution in [2.45, 2.75) is 0 Å². The molecule has 3 rings (SSSR count). The zero-order chi connectivity index (χ0) is 14.1. The van der Waals surface area contributed by atoms with Gasteiger partial charge < -0.3 is 16.0 Å². The van der Waals surface area contributed by atoms with Gasteiger partial charge in [-0.05, 0) is 18.2 Å². The summed E-state index contributed by atoms with van der Waals surface area (Å²) in [4.78, 5) is 19.1. The van der Waals surface area contributed by atoms with Crippen molar-refractivity contribution in [2.24, 2.45) is 0 Å². The third-order valence-electron chi connectivity index (χ3n) is 2.95. The lowest BCUT2D eigenvalue weighted by molar-refractivity contribution is 0.102. The van der Waals surface area contributed by atoms with Crippen molar-refractivity contribution in [1.29, 1.82) is 0 Å². The number of hydrogen-bond donors (Lipinski definition) is 3. The van der Waals surface area contributed by atoms with E-state index in [0.717, 1.165) is 10.9 Å². The maximum absolute atomic E-state index is 12.2. The summed E-state index contributed by atoms with van der Waals surface area (Å²) < 4.78 is 0. The molecule has 0 spiro atoms. The van der Waals surface area contributed by atoms with Crippen molar-refractivity contribution < 1.29 is 4.79 Å². The van der Waals surface area contributed by atoms with Crippen LogP contribution in [0, 0.1) is 0 Å². The Morgan fingerprint density at radius 3 is 2.95 bits per heavy atom. The number of nitrogen functional groups attached to an aromatic ring is 1. The molecule has 100 valence electrons. The summed E-state index contributed by atoms with van der Waals surface area (Å²) >= 11 is 5.97. The molecule has 0 bridgehead atoms. The second kappa shape index (κ2) is 4.86. The number of fused-ring (bicyclic) bond motifs is 1. The van der Waals surface area contributed by atoms with Gasteiger partial charge in [0, 0.05) is 11.6 Å². The van der Waals surface area contributed by atoms with E-state index >= 15 is 0 Å². The molecule has 2 heterocycles. The van der Waals surface area contributed by atoms with Crippen molar-refractivity contribution in [3.63, 3.8) is 0 Å². The van der Waals surface area contributed by atoms with Crippen LogP contribution in [0.3, 0.4) is 0 Å². The summed E-state index contributed by atoms with van der Waals surface area (Å²) in [6, 6.07) is 8.85. The fourth-order valence-electron chi connectivity index (χ4n) is 1.96. The summed E-state index contributed by atoms with van der Waals surface area (Å²) in [6.45, 7) is 0. The first-order valence-corrected chi connectivity index (χ1v) is 6.31. The van der Waals surface area contributed by atoms with E-state index in [1.165, 1.54) is 6.20 Å². The molecule has 3 aromatic rings. The number of nitrogens with one attached hydrogen (secondary N) is 2. The van der Waals surface area contributed by atoms with Crippen LogP contribution in [-0.2, 0) is 0 Å². The van der Waals surface area contributed by atoms with Gasteiger partial charge in [0.15, 0.2) is 0 Å². The minimum Gasteiger partial charge on any atom is -0.397 e. The molecule has 0 saturated heterocycles. The zero-order valence-electron chi connectivity index (χ0n) is 10.4. The summed E-state index contributed by atoms with van der Waals surface area (Å²) in [5.41, 5.74) is 8.07. The Kier molecular flexibility index (Phi) is 3.04. The van der Waals surface area contributed by atoms with E-state index in [-0.39, 0.29) is 5.91 Å². The number of nitrogens with zero attached hydrogens (tertiary/aromatic N) is 1. The SMILES string of the molecule is Nc1cccc2cc(C(=O)Nc3cnccc3Cl)[nH]c12. The predicted molar refractivity (Wildman–Crippen MR) is 79.9 cm³/mol. The molecule has 0 aliphatic carbocycles. The number of hydrogen-bond acceptors (Lipinski definition) is 3. The van der Waals surface area contributed by atoms with E-state index in [1.54, 1.807) is 24.4 Å². The fraction of sp³-hybridized carbons (Fsp3) is 0. The molecular formula is C14H11ClN4O. The Labute approximate surface area is 119 Å². The van der Waals surface area contributed by atoms with Gasteiger partial charge in [-0.25, -0.2) is 0 Å². The number of pyridine rings is 1. The number of carbonyl (C=O) groups is 1. The first-order chi connectivity index (χ1) is 9.65. The number of halogens is 1. The molecule has 4 N–H and O–H groups in total. The summed E-state index contributed by atoms with van der Waals surface area (Å²) in [7, 11) is 0. The third kappa shape index (κ3) is 2.19. The first-order valence-electron chi connectivity index (χ1n) is 5.93. The molecule has 0 unspecified atom stereocenters. The Balaban J connectivity index is 1.93. The van der Waals surface area contributed by atoms with Crippen LogP contribution in [0.2, 0.25) is 5.02 Å². The second-order valence-electron chi connectivity index (χ2n) is 4.30. The number of benzene rings is 1. The standard InChI is InChI=1S/C14H11ClN4O/c15-9-4-5-17-7-12(9)19-14(20)11-6-8-2-1-3-10(16)13(8)18-11/h1-7,18H,16H2,(H,19,20). The third-order valence-corrected chi connectivity index (χ3v) is 3.28. The van der Waals surface area contributed by atoms with E-state index in [4.69, 9.17) is 17.3 Å². The fourth-order valence-corrected chi connectivity index (χ4v) is 2.11. The monoisotopic (exact) mass is 286 g/mol. The van der Waals surface area contributed by atoms with Crippen LogP contribution in [0.4, 0.5) is 11.4 Å². The number of anilines is 2. The number of nitrogens with two attached hydrogens (primary N) is 1. The van der Waals surface area contributed by atoms with Crippen LogP contribution in [0.15, 0.2) is 42.7 Å². The van der Waals surface area contributed by atoms with Gasteiger partial charge in [-0.1, -0.05) is 23.7 Å². The molecular weight excluding hydrogens is 276 g/mol. The number of amides is 1. The van der Waals surface area contributed by atoms with Gasteiger partial charge in [-0.15, -0.1) is 0 Å². The Morgan fingerprint density at radius 2 is 2.20 bits per heavy atom. The molecule has 0 radical (unpaired) electrons. The van der Waals surface area contributed by atoms with E-state index in [0.29, 0.717) is 22.1 Å². The second-order valence-corrected chi connectivity index (χ2v) is 4.71. The van der Waals surface area contributed by atoms with Crippen molar-refractivity contribution in [3.05, 3.63) is 53.4 Å². The van der Waals surface area contributed by atoms with E-state index in [1.807, 2.05) is 12.1 Å². The lowest BCUT2D eigenvalue weighted by Gasteiger charge is -2.04. The highest BCUT2D eigenvalue weighted by atomic mass is 35.5. The minimum absolute atomic E-state index is 0.296. The Hall–Kier alpha value is -2.53. The highest BCUT2D eigenvalue weighted by Crippen LogP contribution is 2.23. The predicted octanol–water partition coefficient (Wildman–Crippen LogP) is 3.05. The van der Waals surface area contributed by atoms with Crippen molar-refractivity contribution >= 4 is 39.8 Å². The molecule has 6 heteroatoms. The summed E-state index contributed by atoms with van der Waals surface area (Å²) in [5.74, 6) is -0.296. The average Bonchev–Trinajstić information content (AvgIpc) is 2.87. The van der Waals surface area contributed by atoms with Crippen LogP contribution in [0.1, 0.15) is 10.5 Å². The summed E-state index contributed by atoms with van der Waals surface area (Å²) in [5, 5.41) is 4.02. The van der Waals surface area contributed by atoms with Gasteiger partial charge in [0.25, 0.3) is 5.91 Å². The van der Waals surface area contributed by atoms with E-state index in [9.17, 15) is 4.79 Å².